The molecule has 0 N–H and O–H groups in total. The second kappa shape index (κ2) is 5.71. The smallest absolute Gasteiger partial charge is 0.0201 e. The summed E-state index contributed by atoms with van der Waals surface area (Å²) in [4.78, 5) is 7.94. The Morgan fingerprint density at radius 3 is 1.79 bits per heavy atom. The van der Waals surface area contributed by atoms with Crippen LogP contribution < -0.4 is 0 Å². The Bertz CT molecular complexity index is 277. The lowest BCUT2D eigenvalue weighted by atomic mass is 9.94. The van der Waals surface area contributed by atoms with E-state index in [-0.39, 0.29) is 0 Å². The summed E-state index contributed by atoms with van der Waals surface area (Å²) in [6.07, 6.45) is 2.70. The van der Waals surface area contributed by atoms with Crippen LogP contribution in [0.3, 0.4) is 0 Å². The molecule has 0 aromatic rings. The van der Waals surface area contributed by atoms with Gasteiger partial charge in [-0.1, -0.05) is 0 Å². The van der Waals surface area contributed by atoms with Gasteiger partial charge in [0.05, 0.1) is 0 Å². The van der Waals surface area contributed by atoms with Crippen molar-refractivity contribution in [3.05, 3.63) is 0 Å². The molecule has 0 saturated carbocycles. The lowest BCUT2D eigenvalue weighted by Gasteiger charge is -2.53. The average molecular weight is 267 g/mol. The van der Waals surface area contributed by atoms with Crippen molar-refractivity contribution in [2.24, 2.45) is 0 Å². The first-order valence-corrected chi connectivity index (χ1v) is 8.00. The molecule has 0 aromatic carbocycles. The van der Waals surface area contributed by atoms with Crippen molar-refractivity contribution >= 4 is 0 Å². The van der Waals surface area contributed by atoms with Crippen LogP contribution in [-0.2, 0) is 0 Å². The van der Waals surface area contributed by atoms with Crippen LogP contribution in [0.15, 0.2) is 0 Å². The summed E-state index contributed by atoms with van der Waals surface area (Å²) in [5, 5.41) is 0. The van der Waals surface area contributed by atoms with Crippen LogP contribution in [0.4, 0.5) is 0 Å². The zero-order valence-electron chi connectivity index (χ0n) is 13.8. The molecule has 19 heavy (non-hydrogen) atoms. The van der Waals surface area contributed by atoms with Gasteiger partial charge in [0, 0.05) is 36.8 Å². The number of rotatable bonds is 1. The molecule has 0 bridgehead atoms. The molecule has 0 radical (unpaired) electrons. The third kappa shape index (κ3) is 3.50. The molecule has 2 aliphatic heterocycles. The van der Waals surface area contributed by atoms with Gasteiger partial charge in [0.1, 0.15) is 0 Å². The number of likely N-dealkylation sites (tertiary alicyclic amines) is 1. The van der Waals surface area contributed by atoms with E-state index >= 15 is 0 Å². The monoisotopic (exact) mass is 267 g/mol. The number of piperazine rings is 1. The van der Waals surface area contributed by atoms with Crippen LogP contribution in [0, 0.1) is 0 Å². The second-order valence-electron chi connectivity index (χ2n) is 7.76. The summed E-state index contributed by atoms with van der Waals surface area (Å²) < 4.78 is 0. The minimum absolute atomic E-state index is 0.307. The maximum Gasteiger partial charge on any atom is 0.0201 e. The molecule has 2 fully saturated rings. The molecular weight excluding hydrogens is 234 g/mol. The standard InChI is InChI=1S/C16H33N3/c1-13-11-18(16(3,4)5)12-14(2)19(13)15-7-9-17(6)10-8-15/h13-15H,7-12H2,1-6H3/t13-,14+. The Morgan fingerprint density at radius 2 is 1.37 bits per heavy atom. The second-order valence-corrected chi connectivity index (χ2v) is 7.76. The zero-order chi connectivity index (χ0) is 14.2. The number of piperidine rings is 1. The molecule has 3 heteroatoms. The maximum absolute atomic E-state index is 2.81. The van der Waals surface area contributed by atoms with E-state index in [9.17, 15) is 0 Å². The van der Waals surface area contributed by atoms with Gasteiger partial charge in [-0.15, -0.1) is 0 Å². The highest BCUT2D eigenvalue weighted by Crippen LogP contribution is 2.28. The van der Waals surface area contributed by atoms with E-state index in [2.05, 4.69) is 56.4 Å². The third-order valence-corrected chi connectivity index (χ3v) is 5.05. The predicted molar refractivity (Wildman–Crippen MR) is 82.6 cm³/mol. The van der Waals surface area contributed by atoms with Crippen molar-refractivity contribution in [1.82, 2.24) is 14.7 Å². The molecule has 2 atom stereocenters. The van der Waals surface area contributed by atoms with Gasteiger partial charge < -0.3 is 4.90 Å². The van der Waals surface area contributed by atoms with E-state index in [0.717, 1.165) is 6.04 Å². The summed E-state index contributed by atoms with van der Waals surface area (Å²) in [5.41, 5.74) is 0.307. The van der Waals surface area contributed by atoms with E-state index in [1.54, 1.807) is 0 Å². The van der Waals surface area contributed by atoms with E-state index < -0.39 is 0 Å². The van der Waals surface area contributed by atoms with E-state index in [0.29, 0.717) is 17.6 Å². The number of nitrogens with zero attached hydrogens (tertiary/aromatic N) is 3. The minimum atomic E-state index is 0.307. The van der Waals surface area contributed by atoms with E-state index in [1.165, 1.54) is 39.0 Å². The molecule has 2 saturated heterocycles. The largest absolute Gasteiger partial charge is 0.306 e. The Kier molecular flexibility index (Phi) is 4.59. The molecule has 0 aromatic heterocycles. The Labute approximate surface area is 119 Å². The van der Waals surface area contributed by atoms with Crippen LogP contribution in [0.2, 0.25) is 0 Å². The van der Waals surface area contributed by atoms with Gasteiger partial charge in [0.25, 0.3) is 0 Å². The van der Waals surface area contributed by atoms with Crippen LogP contribution in [0.1, 0.15) is 47.5 Å². The summed E-state index contributed by atoms with van der Waals surface area (Å²) in [6.45, 7) is 16.9. The van der Waals surface area contributed by atoms with Crippen molar-refractivity contribution in [1.29, 1.82) is 0 Å². The molecule has 0 spiro atoms. The van der Waals surface area contributed by atoms with Gasteiger partial charge in [-0.05, 0) is 67.6 Å². The fourth-order valence-electron chi connectivity index (χ4n) is 3.90. The fourth-order valence-corrected chi connectivity index (χ4v) is 3.90. The van der Waals surface area contributed by atoms with Crippen molar-refractivity contribution < 1.29 is 0 Å². The third-order valence-electron chi connectivity index (χ3n) is 5.05. The van der Waals surface area contributed by atoms with Crippen LogP contribution >= 0.6 is 0 Å². The molecule has 0 unspecified atom stereocenters. The van der Waals surface area contributed by atoms with Crippen LogP contribution in [0.25, 0.3) is 0 Å². The van der Waals surface area contributed by atoms with E-state index in [1.807, 2.05) is 0 Å². The highest BCUT2D eigenvalue weighted by molar-refractivity contribution is 4.94. The van der Waals surface area contributed by atoms with Gasteiger partial charge in [0.15, 0.2) is 0 Å². The molecule has 2 heterocycles. The quantitative estimate of drug-likeness (QED) is 0.721. The first kappa shape index (κ1) is 15.3. The van der Waals surface area contributed by atoms with Crippen molar-refractivity contribution in [3.63, 3.8) is 0 Å². The lowest BCUT2D eigenvalue weighted by Crippen LogP contribution is -2.64. The zero-order valence-corrected chi connectivity index (χ0v) is 13.8. The summed E-state index contributed by atoms with van der Waals surface area (Å²) >= 11 is 0. The number of hydrogen-bond donors (Lipinski definition) is 0. The summed E-state index contributed by atoms with van der Waals surface area (Å²) in [7, 11) is 2.25. The molecule has 3 nitrogen and oxygen atoms in total. The highest BCUT2D eigenvalue weighted by Gasteiger charge is 2.38. The summed E-state index contributed by atoms with van der Waals surface area (Å²) in [5.74, 6) is 0. The topological polar surface area (TPSA) is 9.72 Å². The molecular formula is C16H33N3. The Hall–Kier alpha value is -0.120. The van der Waals surface area contributed by atoms with Crippen molar-refractivity contribution in [2.75, 3.05) is 33.2 Å². The maximum atomic E-state index is 2.81. The van der Waals surface area contributed by atoms with Crippen molar-refractivity contribution in [2.45, 2.75) is 71.1 Å². The normalized spacial score (nSPS) is 33.8. The minimum Gasteiger partial charge on any atom is -0.306 e. The summed E-state index contributed by atoms with van der Waals surface area (Å²) in [6, 6.07) is 2.19. The van der Waals surface area contributed by atoms with E-state index in [4.69, 9.17) is 0 Å². The SMILES string of the molecule is C[C@@H]1CN(C(C)(C)C)C[C@H](C)N1C1CCN(C)CC1. The number of hydrogen-bond acceptors (Lipinski definition) is 3. The fraction of sp³-hybridized carbons (Fsp3) is 1.00. The van der Waals surface area contributed by atoms with Crippen LogP contribution in [-0.4, -0.2) is 71.6 Å². The predicted octanol–water partition coefficient (Wildman–Crippen LogP) is 2.27. The average Bonchev–Trinajstić information content (AvgIpc) is 2.29. The highest BCUT2D eigenvalue weighted by atomic mass is 15.3. The first-order chi connectivity index (χ1) is 8.79. The van der Waals surface area contributed by atoms with Crippen LogP contribution in [0.5, 0.6) is 0 Å². The van der Waals surface area contributed by atoms with Gasteiger partial charge >= 0.3 is 0 Å². The van der Waals surface area contributed by atoms with Gasteiger partial charge in [0.2, 0.25) is 0 Å². The Balaban J connectivity index is 2.00. The molecule has 2 rings (SSSR count). The Morgan fingerprint density at radius 1 is 0.895 bits per heavy atom. The molecule has 0 amide bonds. The molecule has 112 valence electrons. The van der Waals surface area contributed by atoms with Gasteiger partial charge in [-0.25, -0.2) is 0 Å². The molecule has 2 aliphatic rings. The van der Waals surface area contributed by atoms with Gasteiger partial charge in [-0.3, -0.25) is 9.80 Å². The first-order valence-electron chi connectivity index (χ1n) is 8.00. The molecule has 0 aliphatic carbocycles. The van der Waals surface area contributed by atoms with Crippen molar-refractivity contribution in [3.8, 4) is 0 Å². The van der Waals surface area contributed by atoms with Gasteiger partial charge in [-0.2, -0.15) is 0 Å². The lowest BCUT2D eigenvalue weighted by molar-refractivity contribution is -0.0404.